The standard InChI is InChI=1S/C14H17NO5/c1-9-2-3-10(11(16)6-9)13(19)15-14(7-12(17)18)4-5-20-8-14/h2-3,6,16H,4-5,7-8H2,1H3,(H,15,19)(H,17,18). The van der Waals surface area contributed by atoms with Crippen LogP contribution in [0.1, 0.15) is 28.8 Å². The molecule has 108 valence electrons. The molecule has 6 heteroatoms. The highest BCUT2D eigenvalue weighted by atomic mass is 16.5. The largest absolute Gasteiger partial charge is 0.507 e. The number of hydrogen-bond donors (Lipinski definition) is 3. The molecule has 0 bridgehead atoms. The fourth-order valence-electron chi connectivity index (χ4n) is 2.32. The molecule has 0 spiro atoms. The van der Waals surface area contributed by atoms with Crippen LogP contribution in [0.25, 0.3) is 0 Å². The van der Waals surface area contributed by atoms with E-state index in [2.05, 4.69) is 5.32 Å². The molecular weight excluding hydrogens is 262 g/mol. The quantitative estimate of drug-likeness (QED) is 0.766. The molecule has 1 saturated heterocycles. The van der Waals surface area contributed by atoms with E-state index in [0.717, 1.165) is 5.56 Å². The van der Waals surface area contributed by atoms with Gasteiger partial charge in [0.2, 0.25) is 0 Å². The van der Waals surface area contributed by atoms with Crippen LogP contribution in [0.4, 0.5) is 0 Å². The van der Waals surface area contributed by atoms with Crippen molar-refractivity contribution in [3.05, 3.63) is 29.3 Å². The van der Waals surface area contributed by atoms with E-state index in [0.29, 0.717) is 13.0 Å². The van der Waals surface area contributed by atoms with E-state index >= 15 is 0 Å². The summed E-state index contributed by atoms with van der Waals surface area (Å²) >= 11 is 0. The topological polar surface area (TPSA) is 95.9 Å². The molecule has 1 aliphatic rings. The van der Waals surface area contributed by atoms with Crippen LogP contribution in [0.2, 0.25) is 0 Å². The van der Waals surface area contributed by atoms with Gasteiger partial charge in [-0.1, -0.05) is 6.07 Å². The van der Waals surface area contributed by atoms with Gasteiger partial charge in [0.15, 0.2) is 0 Å². The third-order valence-corrected chi connectivity index (χ3v) is 3.37. The minimum absolute atomic E-state index is 0.119. The molecule has 1 amide bonds. The number of phenolic OH excluding ortho intramolecular Hbond substituents is 1. The Bertz CT molecular complexity index is 534. The predicted octanol–water partition coefficient (Wildman–Crippen LogP) is 1.06. The summed E-state index contributed by atoms with van der Waals surface area (Å²) in [5.41, 5.74) is 0.0658. The predicted molar refractivity (Wildman–Crippen MR) is 70.7 cm³/mol. The van der Waals surface area contributed by atoms with E-state index in [1.54, 1.807) is 13.0 Å². The van der Waals surface area contributed by atoms with Gasteiger partial charge >= 0.3 is 5.97 Å². The number of ether oxygens (including phenoxy) is 1. The van der Waals surface area contributed by atoms with E-state index in [4.69, 9.17) is 9.84 Å². The number of carboxylic acids is 1. The van der Waals surface area contributed by atoms with Gasteiger partial charge < -0.3 is 20.3 Å². The lowest BCUT2D eigenvalue weighted by Gasteiger charge is -2.27. The summed E-state index contributed by atoms with van der Waals surface area (Å²) in [6.07, 6.45) is 0.239. The van der Waals surface area contributed by atoms with Crippen LogP contribution in [0.5, 0.6) is 5.75 Å². The summed E-state index contributed by atoms with van der Waals surface area (Å²) in [6, 6.07) is 4.72. The molecule has 1 fully saturated rings. The van der Waals surface area contributed by atoms with Crippen LogP contribution in [0, 0.1) is 6.92 Å². The molecule has 1 atom stereocenters. The molecule has 0 aromatic heterocycles. The maximum atomic E-state index is 12.2. The van der Waals surface area contributed by atoms with Crippen LogP contribution in [0.3, 0.4) is 0 Å². The average molecular weight is 279 g/mol. The van der Waals surface area contributed by atoms with Crippen LogP contribution >= 0.6 is 0 Å². The van der Waals surface area contributed by atoms with Crippen molar-refractivity contribution in [2.45, 2.75) is 25.3 Å². The van der Waals surface area contributed by atoms with Gasteiger partial charge in [-0.15, -0.1) is 0 Å². The maximum absolute atomic E-state index is 12.2. The number of rotatable bonds is 4. The van der Waals surface area contributed by atoms with Crippen molar-refractivity contribution >= 4 is 11.9 Å². The second-order valence-corrected chi connectivity index (χ2v) is 5.13. The molecule has 6 nitrogen and oxygen atoms in total. The summed E-state index contributed by atoms with van der Waals surface area (Å²) in [5, 5.41) is 21.4. The van der Waals surface area contributed by atoms with Gasteiger partial charge in [0.25, 0.3) is 5.91 Å². The monoisotopic (exact) mass is 279 g/mol. The molecule has 3 N–H and O–H groups in total. The number of aryl methyl sites for hydroxylation is 1. The second-order valence-electron chi connectivity index (χ2n) is 5.13. The van der Waals surface area contributed by atoms with Gasteiger partial charge in [-0.2, -0.15) is 0 Å². The van der Waals surface area contributed by atoms with Crippen molar-refractivity contribution in [3.8, 4) is 5.75 Å². The minimum Gasteiger partial charge on any atom is -0.507 e. The Morgan fingerprint density at radius 3 is 2.75 bits per heavy atom. The minimum atomic E-state index is -0.996. The molecule has 0 radical (unpaired) electrons. The zero-order valence-corrected chi connectivity index (χ0v) is 11.2. The fraction of sp³-hybridized carbons (Fsp3) is 0.429. The Balaban J connectivity index is 2.18. The summed E-state index contributed by atoms with van der Waals surface area (Å²) < 4.78 is 5.21. The molecule has 1 aromatic rings. The zero-order valence-electron chi connectivity index (χ0n) is 11.2. The molecule has 0 saturated carbocycles. The van der Waals surface area contributed by atoms with Gasteiger partial charge in [0.05, 0.1) is 24.1 Å². The first kappa shape index (κ1) is 14.3. The number of phenols is 1. The number of nitrogens with one attached hydrogen (secondary N) is 1. The van der Waals surface area contributed by atoms with Crippen molar-refractivity contribution in [2.75, 3.05) is 13.2 Å². The number of amides is 1. The van der Waals surface area contributed by atoms with Crippen LogP contribution in [-0.4, -0.2) is 40.8 Å². The number of aromatic hydroxyl groups is 1. The summed E-state index contributed by atoms with van der Waals surface area (Å²) in [7, 11) is 0. The zero-order chi connectivity index (χ0) is 14.8. The lowest BCUT2D eigenvalue weighted by atomic mass is 9.93. The number of carbonyl (C=O) groups is 2. The first-order valence-electron chi connectivity index (χ1n) is 6.34. The van der Waals surface area contributed by atoms with E-state index < -0.39 is 17.4 Å². The van der Waals surface area contributed by atoms with Crippen molar-refractivity contribution < 1.29 is 24.5 Å². The SMILES string of the molecule is Cc1ccc(C(=O)NC2(CC(=O)O)CCOC2)c(O)c1. The van der Waals surface area contributed by atoms with Gasteiger partial charge in [-0.25, -0.2) is 0 Å². The molecule has 1 aromatic carbocycles. The molecule has 20 heavy (non-hydrogen) atoms. The lowest BCUT2D eigenvalue weighted by molar-refractivity contribution is -0.138. The lowest BCUT2D eigenvalue weighted by Crippen LogP contribution is -2.50. The Morgan fingerprint density at radius 1 is 1.45 bits per heavy atom. The summed E-state index contributed by atoms with van der Waals surface area (Å²) in [5.74, 6) is -1.61. The Morgan fingerprint density at radius 2 is 2.20 bits per heavy atom. The number of benzene rings is 1. The third kappa shape index (κ3) is 3.08. The van der Waals surface area contributed by atoms with Gasteiger partial charge in [0.1, 0.15) is 5.75 Å². The molecule has 1 heterocycles. The van der Waals surface area contributed by atoms with Gasteiger partial charge in [-0.3, -0.25) is 9.59 Å². The first-order valence-corrected chi connectivity index (χ1v) is 6.34. The second kappa shape index (κ2) is 5.50. The normalized spacial score (nSPS) is 21.6. The summed E-state index contributed by atoms with van der Waals surface area (Å²) in [6.45, 7) is 2.38. The molecule has 1 aliphatic heterocycles. The van der Waals surface area contributed by atoms with Gasteiger partial charge in [-0.05, 0) is 31.0 Å². The number of hydrogen-bond acceptors (Lipinski definition) is 4. The third-order valence-electron chi connectivity index (χ3n) is 3.37. The highest BCUT2D eigenvalue weighted by molar-refractivity contribution is 5.97. The first-order chi connectivity index (χ1) is 9.42. The Kier molecular flexibility index (Phi) is 3.94. The molecular formula is C14H17NO5. The maximum Gasteiger partial charge on any atom is 0.305 e. The number of carboxylic acid groups (broad SMARTS) is 1. The van der Waals surface area contributed by atoms with Gasteiger partial charge in [0, 0.05) is 6.61 Å². The smallest absolute Gasteiger partial charge is 0.305 e. The fourth-order valence-corrected chi connectivity index (χ4v) is 2.32. The van der Waals surface area contributed by atoms with E-state index in [9.17, 15) is 14.7 Å². The van der Waals surface area contributed by atoms with E-state index in [-0.39, 0.29) is 24.3 Å². The molecule has 0 aliphatic carbocycles. The summed E-state index contributed by atoms with van der Waals surface area (Å²) in [4.78, 5) is 23.1. The molecule has 1 unspecified atom stereocenters. The Labute approximate surface area is 116 Å². The highest BCUT2D eigenvalue weighted by Crippen LogP contribution is 2.25. The van der Waals surface area contributed by atoms with Crippen molar-refractivity contribution in [1.29, 1.82) is 0 Å². The van der Waals surface area contributed by atoms with E-state index in [1.165, 1.54) is 12.1 Å². The van der Waals surface area contributed by atoms with Crippen molar-refractivity contribution in [3.63, 3.8) is 0 Å². The van der Waals surface area contributed by atoms with Crippen molar-refractivity contribution in [1.82, 2.24) is 5.32 Å². The number of aliphatic carboxylic acids is 1. The van der Waals surface area contributed by atoms with Crippen LogP contribution in [-0.2, 0) is 9.53 Å². The van der Waals surface area contributed by atoms with Crippen LogP contribution in [0.15, 0.2) is 18.2 Å². The number of carbonyl (C=O) groups excluding carboxylic acids is 1. The van der Waals surface area contributed by atoms with Crippen LogP contribution < -0.4 is 5.32 Å². The van der Waals surface area contributed by atoms with Crippen molar-refractivity contribution in [2.24, 2.45) is 0 Å². The average Bonchev–Trinajstić information content (AvgIpc) is 2.75. The molecule has 2 rings (SSSR count). The Hall–Kier alpha value is -2.08. The van der Waals surface area contributed by atoms with E-state index in [1.807, 2.05) is 0 Å². The highest BCUT2D eigenvalue weighted by Gasteiger charge is 2.39.